The zero-order chi connectivity index (χ0) is 21.9. The molecule has 1 N–H and O–H groups in total. The topological polar surface area (TPSA) is 84.9 Å². The molecular formula is C20H22ClFN2O5S. The summed E-state index contributed by atoms with van der Waals surface area (Å²) in [6.45, 7) is 0.318. The van der Waals surface area contributed by atoms with Gasteiger partial charge in [-0.3, -0.25) is 4.79 Å². The minimum atomic E-state index is -3.82. The second-order valence-corrected chi connectivity index (χ2v) is 9.18. The van der Waals surface area contributed by atoms with Crippen LogP contribution < -0.4 is 14.8 Å². The highest BCUT2D eigenvalue weighted by molar-refractivity contribution is 7.89. The zero-order valence-electron chi connectivity index (χ0n) is 16.5. The number of halogens is 2. The van der Waals surface area contributed by atoms with Crippen molar-refractivity contribution in [2.45, 2.75) is 17.7 Å². The highest BCUT2D eigenvalue weighted by atomic mass is 35.5. The van der Waals surface area contributed by atoms with Crippen LogP contribution in [-0.2, 0) is 14.8 Å². The molecule has 1 heterocycles. The van der Waals surface area contributed by atoms with E-state index in [0.717, 1.165) is 12.1 Å². The standard InChI is InChI=1S/C20H22ClFN2O5S/c1-28-18-11-19(29-2)17(10-16(18)21)23-20(25)13-4-3-9-24(12-13)30(26,27)15-7-5-14(22)6-8-15/h5-8,10-11,13H,3-4,9,12H2,1-2H3,(H,23,25)/t13-/m0/s1. The van der Waals surface area contributed by atoms with Crippen molar-refractivity contribution in [1.29, 1.82) is 0 Å². The van der Waals surface area contributed by atoms with Gasteiger partial charge in [-0.05, 0) is 43.2 Å². The number of benzene rings is 2. The number of carbonyl (C=O) groups is 1. The molecule has 2 aromatic carbocycles. The Labute approximate surface area is 179 Å². The van der Waals surface area contributed by atoms with Gasteiger partial charge < -0.3 is 14.8 Å². The highest BCUT2D eigenvalue weighted by Gasteiger charge is 2.33. The lowest BCUT2D eigenvalue weighted by molar-refractivity contribution is -0.120. The number of ether oxygens (including phenoxy) is 2. The van der Waals surface area contributed by atoms with Gasteiger partial charge in [0.2, 0.25) is 15.9 Å². The van der Waals surface area contributed by atoms with Crippen LogP contribution in [0.15, 0.2) is 41.3 Å². The monoisotopic (exact) mass is 456 g/mol. The summed E-state index contributed by atoms with van der Waals surface area (Å²) in [6, 6.07) is 7.72. The number of sulfonamides is 1. The first-order chi connectivity index (χ1) is 14.3. The molecule has 1 atom stereocenters. The molecule has 0 spiro atoms. The van der Waals surface area contributed by atoms with Crippen molar-refractivity contribution >= 4 is 33.2 Å². The molecule has 1 saturated heterocycles. The summed E-state index contributed by atoms with van der Waals surface area (Å²) in [5, 5.41) is 3.07. The predicted octanol–water partition coefficient (Wildman–Crippen LogP) is 3.54. The first-order valence-corrected chi connectivity index (χ1v) is 11.1. The molecule has 0 aliphatic carbocycles. The summed E-state index contributed by atoms with van der Waals surface area (Å²) in [4.78, 5) is 12.8. The van der Waals surface area contributed by atoms with E-state index in [9.17, 15) is 17.6 Å². The Kier molecular flexibility index (Phi) is 6.84. The van der Waals surface area contributed by atoms with Crippen LogP contribution in [0.2, 0.25) is 5.02 Å². The Morgan fingerprint density at radius 3 is 2.47 bits per heavy atom. The molecule has 0 aromatic heterocycles. The average Bonchev–Trinajstić information content (AvgIpc) is 2.74. The quantitative estimate of drug-likeness (QED) is 0.718. The number of nitrogens with one attached hydrogen (secondary N) is 1. The molecule has 1 amide bonds. The van der Waals surface area contributed by atoms with Gasteiger partial charge in [-0.25, -0.2) is 12.8 Å². The summed E-state index contributed by atoms with van der Waals surface area (Å²) in [6.07, 6.45) is 1.06. The van der Waals surface area contributed by atoms with E-state index in [2.05, 4.69) is 5.32 Å². The number of hydrogen-bond acceptors (Lipinski definition) is 5. The Bertz CT molecular complexity index is 1030. The third-order valence-corrected chi connectivity index (χ3v) is 7.11. The van der Waals surface area contributed by atoms with E-state index in [1.807, 2.05) is 0 Å². The maximum Gasteiger partial charge on any atom is 0.243 e. The van der Waals surface area contributed by atoms with Gasteiger partial charge in [0.25, 0.3) is 0 Å². The van der Waals surface area contributed by atoms with Crippen LogP contribution in [0, 0.1) is 11.7 Å². The summed E-state index contributed by atoms with van der Waals surface area (Å²) >= 11 is 6.14. The fraction of sp³-hybridized carbons (Fsp3) is 0.350. The summed E-state index contributed by atoms with van der Waals surface area (Å²) in [7, 11) is -0.899. The van der Waals surface area contributed by atoms with E-state index in [4.69, 9.17) is 21.1 Å². The van der Waals surface area contributed by atoms with Gasteiger partial charge in [0.1, 0.15) is 17.3 Å². The minimum Gasteiger partial charge on any atom is -0.495 e. The highest BCUT2D eigenvalue weighted by Crippen LogP contribution is 2.36. The predicted molar refractivity (Wildman–Crippen MR) is 111 cm³/mol. The van der Waals surface area contributed by atoms with Crippen molar-refractivity contribution in [3.8, 4) is 11.5 Å². The number of rotatable bonds is 6. The van der Waals surface area contributed by atoms with Gasteiger partial charge in [0, 0.05) is 19.2 Å². The van der Waals surface area contributed by atoms with Gasteiger partial charge in [-0.15, -0.1) is 0 Å². The number of anilines is 1. The van der Waals surface area contributed by atoms with Crippen LogP contribution in [0.4, 0.5) is 10.1 Å². The number of piperidine rings is 1. The van der Waals surface area contributed by atoms with Crippen LogP contribution in [0.3, 0.4) is 0 Å². The fourth-order valence-electron chi connectivity index (χ4n) is 3.32. The zero-order valence-corrected chi connectivity index (χ0v) is 18.1. The Balaban J connectivity index is 1.76. The lowest BCUT2D eigenvalue weighted by atomic mass is 9.98. The van der Waals surface area contributed by atoms with E-state index in [0.29, 0.717) is 41.6 Å². The molecule has 1 aliphatic rings. The van der Waals surface area contributed by atoms with E-state index in [1.54, 1.807) is 6.07 Å². The van der Waals surface area contributed by atoms with Crippen molar-refractivity contribution in [3.05, 3.63) is 47.2 Å². The smallest absolute Gasteiger partial charge is 0.243 e. The number of nitrogens with zero attached hydrogens (tertiary/aromatic N) is 1. The Hall–Kier alpha value is -2.36. The second kappa shape index (κ2) is 9.20. The lowest BCUT2D eigenvalue weighted by Gasteiger charge is -2.31. The third kappa shape index (κ3) is 4.69. The van der Waals surface area contributed by atoms with Crippen molar-refractivity contribution in [2.75, 3.05) is 32.6 Å². The third-order valence-electron chi connectivity index (χ3n) is 4.94. The number of amides is 1. The maximum atomic E-state index is 13.1. The van der Waals surface area contributed by atoms with E-state index in [-0.39, 0.29) is 17.3 Å². The molecule has 0 saturated carbocycles. The van der Waals surface area contributed by atoms with Gasteiger partial charge in [0.05, 0.1) is 35.7 Å². The molecule has 0 bridgehead atoms. The van der Waals surface area contributed by atoms with E-state index < -0.39 is 21.8 Å². The summed E-state index contributed by atoms with van der Waals surface area (Å²) < 4.78 is 50.5. The number of hydrogen-bond donors (Lipinski definition) is 1. The van der Waals surface area contributed by atoms with Gasteiger partial charge in [0.15, 0.2) is 0 Å². The molecule has 2 aromatic rings. The molecule has 30 heavy (non-hydrogen) atoms. The van der Waals surface area contributed by atoms with E-state index in [1.165, 1.54) is 36.7 Å². The molecule has 7 nitrogen and oxygen atoms in total. The first-order valence-electron chi connectivity index (χ1n) is 9.24. The summed E-state index contributed by atoms with van der Waals surface area (Å²) in [5.41, 5.74) is 0.367. The maximum absolute atomic E-state index is 13.1. The van der Waals surface area contributed by atoms with Crippen LogP contribution in [0.25, 0.3) is 0 Å². The lowest BCUT2D eigenvalue weighted by Crippen LogP contribution is -2.43. The van der Waals surface area contributed by atoms with Crippen LogP contribution in [-0.4, -0.2) is 45.9 Å². The Morgan fingerprint density at radius 1 is 1.17 bits per heavy atom. The second-order valence-electron chi connectivity index (χ2n) is 6.83. The number of methoxy groups -OCH3 is 2. The molecule has 0 unspecified atom stereocenters. The largest absolute Gasteiger partial charge is 0.495 e. The molecular weight excluding hydrogens is 435 g/mol. The molecule has 1 aliphatic heterocycles. The molecule has 1 fully saturated rings. The van der Waals surface area contributed by atoms with E-state index >= 15 is 0 Å². The van der Waals surface area contributed by atoms with Crippen LogP contribution in [0.1, 0.15) is 12.8 Å². The minimum absolute atomic E-state index is 0.00596. The average molecular weight is 457 g/mol. The normalized spacial score (nSPS) is 17.4. The van der Waals surface area contributed by atoms with Gasteiger partial charge >= 0.3 is 0 Å². The summed E-state index contributed by atoms with van der Waals surface area (Å²) in [5.74, 6) is -0.637. The first kappa shape index (κ1) is 22.3. The van der Waals surface area contributed by atoms with Crippen molar-refractivity contribution in [2.24, 2.45) is 5.92 Å². The molecule has 0 radical (unpaired) electrons. The SMILES string of the molecule is COc1cc(OC)c(NC(=O)[C@H]2CCCN(S(=O)(=O)c3ccc(F)cc3)C2)cc1Cl. The van der Waals surface area contributed by atoms with Crippen molar-refractivity contribution in [1.82, 2.24) is 4.31 Å². The number of carbonyl (C=O) groups excluding carboxylic acids is 1. The Morgan fingerprint density at radius 2 is 1.83 bits per heavy atom. The van der Waals surface area contributed by atoms with Crippen LogP contribution in [0.5, 0.6) is 11.5 Å². The van der Waals surface area contributed by atoms with Gasteiger partial charge in [-0.2, -0.15) is 4.31 Å². The van der Waals surface area contributed by atoms with Gasteiger partial charge in [-0.1, -0.05) is 11.6 Å². The molecule has 3 rings (SSSR count). The molecule has 162 valence electrons. The van der Waals surface area contributed by atoms with Crippen LogP contribution >= 0.6 is 11.6 Å². The fourth-order valence-corrected chi connectivity index (χ4v) is 5.09. The van der Waals surface area contributed by atoms with Crippen molar-refractivity contribution in [3.63, 3.8) is 0 Å². The molecule has 10 heteroatoms. The van der Waals surface area contributed by atoms with Crippen molar-refractivity contribution < 1.29 is 27.1 Å².